The fraction of sp³-hybridized carbons (Fsp3) is 0.333. The summed E-state index contributed by atoms with van der Waals surface area (Å²) >= 11 is 4.90. The molecule has 0 unspecified atom stereocenters. The lowest BCUT2D eigenvalue weighted by atomic mass is 10.2. The maximum absolute atomic E-state index is 11.7. The predicted octanol–water partition coefficient (Wildman–Crippen LogP) is 1.88. The number of carbonyl (C=O) groups excluding carboxylic acids is 1. The Hall–Kier alpha value is -1.62. The van der Waals surface area contributed by atoms with Gasteiger partial charge in [-0.05, 0) is 18.6 Å². The van der Waals surface area contributed by atoms with E-state index in [1.807, 2.05) is 25.1 Å². The van der Waals surface area contributed by atoms with Gasteiger partial charge in [0, 0.05) is 24.8 Å². The van der Waals surface area contributed by atoms with Gasteiger partial charge >= 0.3 is 6.03 Å². The summed E-state index contributed by atoms with van der Waals surface area (Å²) < 4.78 is 0. The zero-order valence-electron chi connectivity index (χ0n) is 10.1. The molecule has 17 heavy (non-hydrogen) atoms. The molecule has 0 radical (unpaired) electrons. The lowest BCUT2D eigenvalue weighted by molar-refractivity contribution is 0.247. The zero-order valence-corrected chi connectivity index (χ0v) is 10.9. The zero-order chi connectivity index (χ0) is 12.8. The molecule has 0 heterocycles. The number of nitrogens with zero attached hydrogens (tertiary/aromatic N) is 1. The number of urea groups is 1. The third-order valence-electron chi connectivity index (χ3n) is 2.35. The molecule has 0 aliphatic carbocycles. The molecule has 1 aromatic rings. The minimum absolute atomic E-state index is 0.132. The minimum atomic E-state index is -0.132. The van der Waals surface area contributed by atoms with Gasteiger partial charge in [0.15, 0.2) is 0 Å². The van der Waals surface area contributed by atoms with E-state index in [4.69, 9.17) is 18.0 Å². The molecular formula is C12H17N3OS. The molecule has 0 saturated heterocycles. The molecule has 0 aliphatic rings. The van der Waals surface area contributed by atoms with Crippen LogP contribution in [0.3, 0.4) is 0 Å². The Balaban J connectivity index is 2.81. The summed E-state index contributed by atoms with van der Waals surface area (Å²) in [7, 11) is 1.71. The van der Waals surface area contributed by atoms with E-state index in [0.717, 1.165) is 17.7 Å². The van der Waals surface area contributed by atoms with Gasteiger partial charge in [-0.2, -0.15) is 0 Å². The average molecular weight is 251 g/mol. The molecule has 0 aromatic heterocycles. The van der Waals surface area contributed by atoms with Crippen molar-refractivity contribution < 1.29 is 4.79 Å². The Morgan fingerprint density at radius 1 is 1.53 bits per heavy atom. The number of anilines is 1. The van der Waals surface area contributed by atoms with Crippen LogP contribution in [-0.4, -0.2) is 24.6 Å². The molecule has 1 rings (SSSR count). The molecule has 0 spiro atoms. The topological polar surface area (TPSA) is 58.4 Å². The summed E-state index contributed by atoms with van der Waals surface area (Å²) in [5, 5.41) is 2.80. The van der Waals surface area contributed by atoms with Crippen LogP contribution in [-0.2, 0) is 0 Å². The standard InChI is InChI=1S/C12H17N3OS/c1-3-7-14-12(16)15(2)10-6-4-5-9(8-10)11(13)17/h4-6,8H,3,7H2,1-2H3,(H2,13,17)(H,14,16). The number of hydrogen-bond donors (Lipinski definition) is 2. The molecule has 0 fully saturated rings. The van der Waals surface area contributed by atoms with E-state index in [1.165, 1.54) is 4.90 Å². The van der Waals surface area contributed by atoms with Crippen LogP contribution in [0.2, 0.25) is 0 Å². The normalized spacial score (nSPS) is 9.76. The van der Waals surface area contributed by atoms with Crippen LogP contribution < -0.4 is 16.0 Å². The highest BCUT2D eigenvalue weighted by atomic mass is 32.1. The average Bonchev–Trinajstić information content (AvgIpc) is 2.35. The molecule has 3 N–H and O–H groups in total. The van der Waals surface area contributed by atoms with E-state index >= 15 is 0 Å². The summed E-state index contributed by atoms with van der Waals surface area (Å²) in [4.78, 5) is 13.6. The first kappa shape index (κ1) is 13.4. The number of nitrogens with two attached hydrogens (primary N) is 1. The van der Waals surface area contributed by atoms with E-state index in [9.17, 15) is 4.79 Å². The van der Waals surface area contributed by atoms with Gasteiger partial charge in [-0.15, -0.1) is 0 Å². The third kappa shape index (κ3) is 3.71. The Labute approximate surface area is 107 Å². The molecule has 92 valence electrons. The van der Waals surface area contributed by atoms with Crippen LogP contribution in [0, 0.1) is 0 Å². The first-order valence-electron chi connectivity index (χ1n) is 5.47. The SMILES string of the molecule is CCCNC(=O)N(C)c1cccc(C(N)=S)c1. The summed E-state index contributed by atoms with van der Waals surface area (Å²) in [6.07, 6.45) is 0.909. The lowest BCUT2D eigenvalue weighted by Crippen LogP contribution is -2.37. The molecule has 2 amide bonds. The van der Waals surface area contributed by atoms with Crippen molar-refractivity contribution in [1.82, 2.24) is 5.32 Å². The van der Waals surface area contributed by atoms with Crippen LogP contribution in [0.1, 0.15) is 18.9 Å². The van der Waals surface area contributed by atoms with Crippen molar-refractivity contribution in [2.45, 2.75) is 13.3 Å². The lowest BCUT2D eigenvalue weighted by Gasteiger charge is -2.18. The van der Waals surface area contributed by atoms with Gasteiger partial charge in [-0.1, -0.05) is 31.3 Å². The molecule has 0 aliphatic heterocycles. The van der Waals surface area contributed by atoms with E-state index in [2.05, 4.69) is 5.32 Å². The quantitative estimate of drug-likeness (QED) is 0.803. The van der Waals surface area contributed by atoms with E-state index < -0.39 is 0 Å². The van der Waals surface area contributed by atoms with Gasteiger partial charge < -0.3 is 11.1 Å². The van der Waals surface area contributed by atoms with Crippen molar-refractivity contribution in [3.05, 3.63) is 29.8 Å². The number of carbonyl (C=O) groups is 1. The number of amides is 2. The highest BCUT2D eigenvalue weighted by Crippen LogP contribution is 2.14. The van der Waals surface area contributed by atoms with Crippen molar-refractivity contribution >= 4 is 28.9 Å². The number of thiocarbonyl (C=S) groups is 1. The van der Waals surface area contributed by atoms with E-state index in [-0.39, 0.29) is 6.03 Å². The Bertz CT molecular complexity index is 420. The highest BCUT2D eigenvalue weighted by Gasteiger charge is 2.10. The summed E-state index contributed by atoms with van der Waals surface area (Å²) in [6.45, 7) is 2.67. The van der Waals surface area contributed by atoms with Crippen LogP contribution in [0.5, 0.6) is 0 Å². The van der Waals surface area contributed by atoms with E-state index in [0.29, 0.717) is 11.5 Å². The molecule has 4 nitrogen and oxygen atoms in total. The maximum Gasteiger partial charge on any atom is 0.321 e. The van der Waals surface area contributed by atoms with Gasteiger partial charge in [0.25, 0.3) is 0 Å². The second-order valence-electron chi connectivity index (χ2n) is 3.71. The second kappa shape index (κ2) is 6.20. The fourth-order valence-corrected chi connectivity index (χ4v) is 1.46. The van der Waals surface area contributed by atoms with Crippen LogP contribution in [0.15, 0.2) is 24.3 Å². The summed E-state index contributed by atoms with van der Waals surface area (Å²) in [6, 6.07) is 7.16. The molecule has 0 atom stereocenters. The maximum atomic E-state index is 11.7. The van der Waals surface area contributed by atoms with Crippen molar-refractivity contribution in [3.63, 3.8) is 0 Å². The molecular weight excluding hydrogens is 234 g/mol. The number of nitrogens with one attached hydrogen (secondary N) is 1. The van der Waals surface area contributed by atoms with E-state index in [1.54, 1.807) is 13.1 Å². The van der Waals surface area contributed by atoms with Gasteiger partial charge in [0.1, 0.15) is 4.99 Å². The molecule has 0 saturated carbocycles. The number of benzene rings is 1. The van der Waals surface area contributed by atoms with Crippen LogP contribution >= 0.6 is 12.2 Å². The summed E-state index contributed by atoms with van der Waals surface area (Å²) in [5.74, 6) is 0. The largest absolute Gasteiger partial charge is 0.389 e. The van der Waals surface area contributed by atoms with Gasteiger partial charge in [-0.3, -0.25) is 4.90 Å². The number of hydrogen-bond acceptors (Lipinski definition) is 2. The molecule has 1 aromatic carbocycles. The smallest absolute Gasteiger partial charge is 0.321 e. The van der Waals surface area contributed by atoms with Crippen molar-refractivity contribution in [2.75, 3.05) is 18.5 Å². The van der Waals surface area contributed by atoms with Crippen molar-refractivity contribution in [2.24, 2.45) is 5.73 Å². The number of rotatable bonds is 4. The Kier molecular flexibility index (Phi) is 4.90. The molecule has 0 bridgehead atoms. The molecule has 5 heteroatoms. The van der Waals surface area contributed by atoms with Crippen molar-refractivity contribution in [1.29, 1.82) is 0 Å². The van der Waals surface area contributed by atoms with Crippen molar-refractivity contribution in [3.8, 4) is 0 Å². The minimum Gasteiger partial charge on any atom is -0.389 e. The van der Waals surface area contributed by atoms with Crippen LogP contribution in [0.4, 0.5) is 10.5 Å². The highest BCUT2D eigenvalue weighted by molar-refractivity contribution is 7.80. The van der Waals surface area contributed by atoms with Gasteiger partial charge in [-0.25, -0.2) is 4.79 Å². The Morgan fingerprint density at radius 3 is 2.82 bits per heavy atom. The first-order valence-corrected chi connectivity index (χ1v) is 5.88. The predicted molar refractivity (Wildman–Crippen MR) is 74.4 cm³/mol. The fourth-order valence-electron chi connectivity index (χ4n) is 1.34. The second-order valence-corrected chi connectivity index (χ2v) is 4.15. The summed E-state index contributed by atoms with van der Waals surface area (Å²) in [5.41, 5.74) is 7.08. The first-order chi connectivity index (χ1) is 8.06. The van der Waals surface area contributed by atoms with Crippen LogP contribution in [0.25, 0.3) is 0 Å². The monoisotopic (exact) mass is 251 g/mol. The third-order valence-corrected chi connectivity index (χ3v) is 2.58. The van der Waals surface area contributed by atoms with Gasteiger partial charge in [0.2, 0.25) is 0 Å². The Morgan fingerprint density at radius 2 is 2.24 bits per heavy atom. The van der Waals surface area contributed by atoms with Gasteiger partial charge in [0.05, 0.1) is 0 Å².